The second-order valence-corrected chi connectivity index (χ2v) is 4.06. The van der Waals surface area contributed by atoms with E-state index in [9.17, 15) is 4.79 Å². The Morgan fingerprint density at radius 1 is 1.24 bits per heavy atom. The monoisotopic (exact) mass is 256 g/mol. The molecular weight excluding hydrogens is 240 g/mol. The van der Waals surface area contributed by atoms with Crippen LogP contribution in [0.4, 0.5) is 0 Å². The first-order chi connectivity index (χ1) is 8.22. The SMILES string of the molecule is CCCOC(=O)CCCOc1ccc(Cl)cc1. The van der Waals surface area contributed by atoms with Crippen LogP contribution in [0.3, 0.4) is 0 Å². The first-order valence-electron chi connectivity index (χ1n) is 5.76. The van der Waals surface area contributed by atoms with E-state index in [-0.39, 0.29) is 5.97 Å². The van der Waals surface area contributed by atoms with Gasteiger partial charge in [-0.25, -0.2) is 0 Å². The van der Waals surface area contributed by atoms with Gasteiger partial charge in [-0.2, -0.15) is 0 Å². The van der Waals surface area contributed by atoms with Crippen LogP contribution in [-0.2, 0) is 9.53 Å². The molecule has 3 nitrogen and oxygen atoms in total. The molecule has 4 heteroatoms. The number of hydrogen-bond donors (Lipinski definition) is 0. The molecule has 0 unspecified atom stereocenters. The summed E-state index contributed by atoms with van der Waals surface area (Å²) in [4.78, 5) is 11.2. The van der Waals surface area contributed by atoms with Crippen LogP contribution in [0.1, 0.15) is 26.2 Å². The third-order valence-corrected chi connectivity index (χ3v) is 2.33. The van der Waals surface area contributed by atoms with Gasteiger partial charge in [0.25, 0.3) is 0 Å². The average Bonchev–Trinajstić information content (AvgIpc) is 2.34. The highest BCUT2D eigenvalue weighted by Crippen LogP contribution is 2.15. The number of ether oxygens (including phenoxy) is 2. The van der Waals surface area contributed by atoms with Gasteiger partial charge in [-0.15, -0.1) is 0 Å². The lowest BCUT2D eigenvalue weighted by atomic mass is 10.3. The largest absolute Gasteiger partial charge is 0.494 e. The van der Waals surface area contributed by atoms with Crippen molar-refractivity contribution >= 4 is 17.6 Å². The molecule has 17 heavy (non-hydrogen) atoms. The number of esters is 1. The highest BCUT2D eigenvalue weighted by molar-refractivity contribution is 6.30. The maximum Gasteiger partial charge on any atom is 0.305 e. The molecule has 0 aromatic heterocycles. The number of carbonyl (C=O) groups excluding carboxylic acids is 1. The van der Waals surface area contributed by atoms with Crippen LogP contribution in [0.15, 0.2) is 24.3 Å². The van der Waals surface area contributed by atoms with E-state index >= 15 is 0 Å². The van der Waals surface area contributed by atoms with Crippen LogP contribution in [0.5, 0.6) is 5.75 Å². The van der Waals surface area contributed by atoms with Crippen molar-refractivity contribution in [1.82, 2.24) is 0 Å². The molecule has 0 fully saturated rings. The zero-order valence-corrected chi connectivity index (χ0v) is 10.7. The molecule has 94 valence electrons. The van der Waals surface area contributed by atoms with E-state index in [1.807, 2.05) is 6.92 Å². The second kappa shape index (κ2) is 7.96. The fourth-order valence-corrected chi connectivity index (χ4v) is 1.35. The first-order valence-corrected chi connectivity index (χ1v) is 6.14. The van der Waals surface area contributed by atoms with Crippen molar-refractivity contribution in [2.75, 3.05) is 13.2 Å². The van der Waals surface area contributed by atoms with Crippen LogP contribution in [0.2, 0.25) is 5.02 Å². The van der Waals surface area contributed by atoms with Gasteiger partial charge in [0.15, 0.2) is 0 Å². The molecule has 0 heterocycles. The van der Waals surface area contributed by atoms with Crippen molar-refractivity contribution < 1.29 is 14.3 Å². The summed E-state index contributed by atoms with van der Waals surface area (Å²) in [5, 5.41) is 0.681. The maximum absolute atomic E-state index is 11.2. The predicted octanol–water partition coefficient (Wildman–Crippen LogP) is 3.45. The van der Waals surface area contributed by atoms with E-state index in [1.165, 1.54) is 0 Å². The van der Waals surface area contributed by atoms with Gasteiger partial charge in [0.05, 0.1) is 13.2 Å². The van der Waals surface area contributed by atoms with Gasteiger partial charge in [-0.1, -0.05) is 18.5 Å². The number of carbonyl (C=O) groups is 1. The van der Waals surface area contributed by atoms with Gasteiger partial charge in [-0.05, 0) is 37.1 Å². The Bertz CT molecular complexity index is 335. The third kappa shape index (κ3) is 6.17. The van der Waals surface area contributed by atoms with Crippen molar-refractivity contribution in [1.29, 1.82) is 0 Å². The molecule has 0 aliphatic carbocycles. The Balaban J connectivity index is 2.11. The van der Waals surface area contributed by atoms with Crippen molar-refractivity contribution in [3.63, 3.8) is 0 Å². The third-order valence-electron chi connectivity index (χ3n) is 2.07. The molecule has 0 saturated heterocycles. The molecule has 0 N–H and O–H groups in total. The van der Waals surface area contributed by atoms with Crippen LogP contribution in [0.25, 0.3) is 0 Å². The minimum atomic E-state index is -0.161. The Morgan fingerprint density at radius 2 is 1.94 bits per heavy atom. The van der Waals surface area contributed by atoms with Crippen LogP contribution in [0, 0.1) is 0 Å². The standard InChI is InChI=1S/C13H17ClO3/c1-2-9-17-13(15)4-3-10-16-12-7-5-11(14)6-8-12/h5-8H,2-4,9-10H2,1H3. The quantitative estimate of drug-likeness (QED) is 0.554. The molecule has 0 amide bonds. The number of hydrogen-bond acceptors (Lipinski definition) is 3. The van der Waals surface area contributed by atoms with E-state index in [2.05, 4.69) is 0 Å². The predicted molar refractivity (Wildman–Crippen MR) is 67.4 cm³/mol. The van der Waals surface area contributed by atoms with Crippen molar-refractivity contribution in [2.45, 2.75) is 26.2 Å². The highest BCUT2D eigenvalue weighted by atomic mass is 35.5. The zero-order chi connectivity index (χ0) is 12.5. The van der Waals surface area contributed by atoms with Crippen LogP contribution >= 0.6 is 11.6 Å². The Kier molecular flexibility index (Phi) is 6.48. The summed E-state index contributed by atoms with van der Waals surface area (Å²) in [6.07, 6.45) is 1.91. The highest BCUT2D eigenvalue weighted by Gasteiger charge is 2.02. The van der Waals surface area contributed by atoms with Crippen molar-refractivity contribution in [3.05, 3.63) is 29.3 Å². The summed E-state index contributed by atoms with van der Waals surface area (Å²) in [5.41, 5.74) is 0. The number of halogens is 1. The average molecular weight is 257 g/mol. The summed E-state index contributed by atoms with van der Waals surface area (Å²) in [6.45, 7) is 2.97. The van der Waals surface area contributed by atoms with Gasteiger partial charge in [0, 0.05) is 11.4 Å². The van der Waals surface area contributed by atoms with Gasteiger partial charge >= 0.3 is 5.97 Å². The van der Waals surface area contributed by atoms with Crippen molar-refractivity contribution in [3.8, 4) is 5.75 Å². The van der Waals surface area contributed by atoms with E-state index in [1.54, 1.807) is 24.3 Å². The molecule has 0 aliphatic rings. The summed E-state index contributed by atoms with van der Waals surface area (Å²) >= 11 is 5.75. The van der Waals surface area contributed by atoms with Crippen LogP contribution < -0.4 is 4.74 Å². The van der Waals surface area contributed by atoms with E-state index in [0.29, 0.717) is 31.1 Å². The molecule has 0 saturated carbocycles. The lowest BCUT2D eigenvalue weighted by molar-refractivity contribution is -0.143. The normalized spacial score (nSPS) is 10.0. The second-order valence-electron chi connectivity index (χ2n) is 3.63. The summed E-state index contributed by atoms with van der Waals surface area (Å²) in [6, 6.07) is 7.15. The van der Waals surface area contributed by atoms with E-state index < -0.39 is 0 Å². The smallest absolute Gasteiger partial charge is 0.305 e. The molecular formula is C13H17ClO3. The van der Waals surface area contributed by atoms with Gasteiger partial charge in [-0.3, -0.25) is 4.79 Å². The summed E-state index contributed by atoms with van der Waals surface area (Å²) in [5.74, 6) is 0.600. The molecule has 0 atom stereocenters. The van der Waals surface area contributed by atoms with Crippen molar-refractivity contribution in [2.24, 2.45) is 0 Å². The lowest BCUT2D eigenvalue weighted by Crippen LogP contribution is -2.07. The van der Waals surface area contributed by atoms with Gasteiger partial charge in [0.2, 0.25) is 0 Å². The number of benzene rings is 1. The van der Waals surface area contributed by atoms with Crippen LogP contribution in [-0.4, -0.2) is 19.2 Å². The Hall–Kier alpha value is -1.22. The molecule has 0 bridgehead atoms. The lowest BCUT2D eigenvalue weighted by Gasteiger charge is -2.06. The van der Waals surface area contributed by atoms with Gasteiger partial charge < -0.3 is 9.47 Å². The summed E-state index contributed by atoms with van der Waals surface area (Å²) in [7, 11) is 0. The molecule has 0 aliphatic heterocycles. The molecule has 1 aromatic rings. The topological polar surface area (TPSA) is 35.5 Å². The molecule has 1 rings (SSSR count). The first kappa shape index (κ1) is 13.8. The number of rotatable bonds is 7. The van der Waals surface area contributed by atoms with Gasteiger partial charge in [0.1, 0.15) is 5.75 Å². The Morgan fingerprint density at radius 3 is 2.59 bits per heavy atom. The minimum Gasteiger partial charge on any atom is -0.494 e. The maximum atomic E-state index is 11.2. The fourth-order valence-electron chi connectivity index (χ4n) is 1.23. The fraction of sp³-hybridized carbons (Fsp3) is 0.462. The van der Waals surface area contributed by atoms with E-state index in [4.69, 9.17) is 21.1 Å². The molecule has 0 radical (unpaired) electrons. The molecule has 0 spiro atoms. The zero-order valence-electron chi connectivity index (χ0n) is 9.95. The van der Waals surface area contributed by atoms with E-state index in [0.717, 1.165) is 12.2 Å². The minimum absolute atomic E-state index is 0.161. The Labute approximate surface area is 107 Å². The molecule has 1 aromatic carbocycles. The summed E-state index contributed by atoms with van der Waals surface area (Å²) < 4.78 is 10.4.